The first-order valence-corrected chi connectivity index (χ1v) is 8.07. The van der Waals surface area contributed by atoms with Gasteiger partial charge in [-0.2, -0.15) is 0 Å². The zero-order chi connectivity index (χ0) is 14.0. The summed E-state index contributed by atoms with van der Waals surface area (Å²) in [4.78, 5) is 15.9. The topological polar surface area (TPSA) is 86.5 Å². The summed E-state index contributed by atoms with van der Waals surface area (Å²) < 4.78 is 33.0. The number of aromatic nitrogens is 1. The van der Waals surface area contributed by atoms with E-state index in [9.17, 15) is 13.2 Å². The van der Waals surface area contributed by atoms with E-state index in [2.05, 4.69) is 9.72 Å². The van der Waals surface area contributed by atoms with Gasteiger partial charge in [-0.25, -0.2) is 18.2 Å². The van der Waals surface area contributed by atoms with Crippen LogP contribution in [0.25, 0.3) is 0 Å². The maximum absolute atomic E-state index is 11.6. The Bertz CT molecular complexity index is 575. The van der Waals surface area contributed by atoms with Crippen LogP contribution >= 0.6 is 0 Å². The molecule has 0 spiro atoms. The summed E-state index contributed by atoms with van der Waals surface area (Å²) in [6.45, 7) is 1.97. The van der Waals surface area contributed by atoms with Crippen molar-refractivity contribution >= 4 is 15.8 Å². The van der Waals surface area contributed by atoms with Gasteiger partial charge in [0.2, 0.25) is 5.76 Å². The Balaban J connectivity index is 2.30. The van der Waals surface area contributed by atoms with Gasteiger partial charge in [0.15, 0.2) is 15.7 Å². The van der Waals surface area contributed by atoms with Crippen LogP contribution < -0.4 is 0 Å². The van der Waals surface area contributed by atoms with Gasteiger partial charge in [-0.15, -0.1) is 0 Å². The number of methoxy groups -OCH3 is 1. The molecule has 0 radical (unpaired) electrons. The molecule has 1 aliphatic heterocycles. The second kappa shape index (κ2) is 5.32. The maximum atomic E-state index is 11.6. The van der Waals surface area contributed by atoms with Gasteiger partial charge >= 0.3 is 5.97 Å². The summed E-state index contributed by atoms with van der Waals surface area (Å²) in [6.07, 6.45) is 1.92. The van der Waals surface area contributed by atoms with Crippen molar-refractivity contribution in [2.24, 2.45) is 0 Å². The predicted octanol–water partition coefficient (Wildman–Crippen LogP) is 1.32. The summed E-state index contributed by atoms with van der Waals surface area (Å²) in [5.41, 5.74) is 0.550. The number of hydrogen-bond acceptors (Lipinski definition) is 6. The van der Waals surface area contributed by atoms with Gasteiger partial charge in [-0.3, -0.25) is 0 Å². The highest BCUT2D eigenvalue weighted by molar-refractivity contribution is 7.91. The largest absolute Gasteiger partial charge is 0.463 e. The molecule has 1 atom stereocenters. The first kappa shape index (κ1) is 14.0. The van der Waals surface area contributed by atoms with Gasteiger partial charge in [0, 0.05) is 0 Å². The van der Waals surface area contributed by atoms with Crippen molar-refractivity contribution in [2.75, 3.05) is 18.6 Å². The number of oxazole rings is 1. The van der Waals surface area contributed by atoms with Crippen LogP contribution in [0.5, 0.6) is 0 Å². The Hall–Kier alpha value is -1.37. The van der Waals surface area contributed by atoms with Crippen molar-refractivity contribution in [3.8, 4) is 0 Å². The molecule has 0 bridgehead atoms. The Labute approximate surface area is 112 Å². The molecular formula is C12H17NO5S. The Morgan fingerprint density at radius 1 is 1.53 bits per heavy atom. The quantitative estimate of drug-likeness (QED) is 0.776. The van der Waals surface area contributed by atoms with Crippen molar-refractivity contribution in [3.05, 3.63) is 17.3 Å². The first-order valence-electron chi connectivity index (χ1n) is 6.25. The van der Waals surface area contributed by atoms with Crippen molar-refractivity contribution in [1.82, 2.24) is 4.98 Å². The van der Waals surface area contributed by atoms with Gasteiger partial charge in [-0.05, 0) is 12.8 Å². The molecule has 1 saturated heterocycles. The third kappa shape index (κ3) is 2.97. The van der Waals surface area contributed by atoms with Crippen LogP contribution in [0.2, 0.25) is 0 Å². The zero-order valence-corrected chi connectivity index (χ0v) is 11.8. The minimum absolute atomic E-state index is 0.0414. The third-order valence-electron chi connectivity index (χ3n) is 3.15. The van der Waals surface area contributed by atoms with Crippen LogP contribution in [0.4, 0.5) is 0 Å². The van der Waals surface area contributed by atoms with E-state index in [1.165, 1.54) is 7.11 Å². The number of rotatable bonds is 4. The summed E-state index contributed by atoms with van der Waals surface area (Å²) >= 11 is 0. The predicted molar refractivity (Wildman–Crippen MR) is 67.8 cm³/mol. The lowest BCUT2D eigenvalue weighted by atomic mass is 10.1. The van der Waals surface area contributed by atoms with E-state index < -0.39 is 15.8 Å². The van der Waals surface area contributed by atoms with E-state index in [1.807, 2.05) is 6.92 Å². The second-order valence-corrected chi connectivity index (χ2v) is 6.90. The summed E-state index contributed by atoms with van der Waals surface area (Å²) in [5, 5.41) is 0. The number of sulfone groups is 1. The number of nitrogens with zero attached hydrogens (tertiary/aromatic N) is 1. The molecule has 0 aromatic carbocycles. The van der Waals surface area contributed by atoms with Crippen LogP contribution in [-0.2, 0) is 21.0 Å². The van der Waals surface area contributed by atoms with Crippen LogP contribution in [0.15, 0.2) is 4.42 Å². The van der Waals surface area contributed by atoms with E-state index in [0.29, 0.717) is 24.4 Å². The number of esters is 1. The van der Waals surface area contributed by atoms with Crippen molar-refractivity contribution in [1.29, 1.82) is 0 Å². The molecule has 0 aliphatic carbocycles. The van der Waals surface area contributed by atoms with Gasteiger partial charge < -0.3 is 9.15 Å². The standard InChI is InChI=1S/C12H17NO5S/c1-3-4-9-10(12(14)17-2)18-11(13-9)8-5-6-19(15,16)7-8/h8H,3-7H2,1-2H3. The highest BCUT2D eigenvalue weighted by atomic mass is 32.2. The molecule has 1 aromatic heterocycles. The van der Waals surface area contributed by atoms with Gasteiger partial charge in [0.1, 0.15) is 0 Å². The van der Waals surface area contributed by atoms with E-state index >= 15 is 0 Å². The maximum Gasteiger partial charge on any atom is 0.375 e. The van der Waals surface area contributed by atoms with Gasteiger partial charge in [0.05, 0.1) is 30.2 Å². The highest BCUT2D eigenvalue weighted by Gasteiger charge is 2.34. The van der Waals surface area contributed by atoms with E-state index in [0.717, 1.165) is 6.42 Å². The van der Waals surface area contributed by atoms with E-state index in [-0.39, 0.29) is 23.2 Å². The normalized spacial score (nSPS) is 21.5. The number of hydrogen-bond donors (Lipinski definition) is 0. The minimum atomic E-state index is -3.00. The first-order chi connectivity index (χ1) is 8.96. The number of ether oxygens (including phenoxy) is 1. The lowest BCUT2D eigenvalue weighted by Crippen LogP contribution is -2.04. The fourth-order valence-electron chi connectivity index (χ4n) is 2.19. The lowest BCUT2D eigenvalue weighted by molar-refractivity contribution is 0.0561. The molecule has 6 nitrogen and oxygen atoms in total. The fraction of sp³-hybridized carbons (Fsp3) is 0.667. The van der Waals surface area contributed by atoms with Crippen LogP contribution in [-0.4, -0.2) is 38.0 Å². The van der Waals surface area contributed by atoms with Crippen molar-refractivity contribution in [3.63, 3.8) is 0 Å². The Morgan fingerprint density at radius 3 is 2.79 bits per heavy atom. The molecule has 1 aliphatic rings. The van der Waals surface area contributed by atoms with Crippen LogP contribution in [0.3, 0.4) is 0 Å². The SMILES string of the molecule is CCCc1nc(C2CCS(=O)(=O)C2)oc1C(=O)OC. The second-order valence-electron chi connectivity index (χ2n) is 4.67. The van der Waals surface area contributed by atoms with Crippen LogP contribution in [0, 0.1) is 0 Å². The molecule has 1 aromatic rings. The summed E-state index contributed by atoms with van der Waals surface area (Å²) in [7, 11) is -1.72. The monoisotopic (exact) mass is 287 g/mol. The van der Waals surface area contributed by atoms with Gasteiger partial charge in [-0.1, -0.05) is 13.3 Å². The fourth-order valence-corrected chi connectivity index (χ4v) is 3.93. The summed E-state index contributed by atoms with van der Waals surface area (Å²) in [6, 6.07) is 0. The molecule has 1 fully saturated rings. The molecule has 0 N–H and O–H groups in total. The molecule has 0 saturated carbocycles. The van der Waals surface area contributed by atoms with E-state index in [4.69, 9.17) is 4.42 Å². The lowest BCUT2D eigenvalue weighted by Gasteiger charge is -2.00. The smallest absolute Gasteiger partial charge is 0.375 e. The number of carbonyl (C=O) groups excluding carboxylic acids is 1. The van der Waals surface area contributed by atoms with E-state index in [1.54, 1.807) is 0 Å². The minimum Gasteiger partial charge on any atom is -0.463 e. The van der Waals surface area contributed by atoms with Crippen LogP contribution in [0.1, 0.15) is 47.8 Å². The third-order valence-corrected chi connectivity index (χ3v) is 4.92. The Kier molecular flexibility index (Phi) is 3.93. The molecular weight excluding hydrogens is 270 g/mol. The Morgan fingerprint density at radius 2 is 2.26 bits per heavy atom. The van der Waals surface area contributed by atoms with Crippen molar-refractivity contribution in [2.45, 2.75) is 32.1 Å². The molecule has 2 heterocycles. The molecule has 7 heteroatoms. The van der Waals surface area contributed by atoms with Crippen molar-refractivity contribution < 1.29 is 22.4 Å². The molecule has 0 amide bonds. The average molecular weight is 287 g/mol. The average Bonchev–Trinajstić information content (AvgIpc) is 2.92. The highest BCUT2D eigenvalue weighted by Crippen LogP contribution is 2.30. The molecule has 2 rings (SSSR count). The zero-order valence-electron chi connectivity index (χ0n) is 11.0. The molecule has 106 valence electrons. The number of carbonyl (C=O) groups is 1. The molecule has 19 heavy (non-hydrogen) atoms. The van der Waals surface area contributed by atoms with Gasteiger partial charge in [0.25, 0.3) is 0 Å². The number of aryl methyl sites for hydroxylation is 1. The molecule has 1 unspecified atom stereocenters. The summed E-state index contributed by atoms with van der Waals surface area (Å²) in [5.74, 6) is -0.188.